The van der Waals surface area contributed by atoms with Gasteiger partial charge in [-0.05, 0) is 50.3 Å². The van der Waals surface area contributed by atoms with Crippen LogP contribution in [-0.2, 0) is 11.2 Å². The number of aliphatic imine (C=N–C) groups is 1. The number of halogens is 1. The molecule has 2 aromatic rings. The maximum atomic E-state index is 5.73. The minimum atomic E-state index is 0. The highest BCUT2D eigenvalue weighted by Crippen LogP contribution is 2.19. The molecule has 0 amide bonds. The van der Waals surface area contributed by atoms with Crippen molar-refractivity contribution in [3.05, 3.63) is 35.5 Å². The van der Waals surface area contributed by atoms with E-state index < -0.39 is 0 Å². The molecule has 0 radical (unpaired) electrons. The fraction of sp³-hybridized carbons (Fsp3) is 0.550. The summed E-state index contributed by atoms with van der Waals surface area (Å²) >= 11 is 0. The van der Waals surface area contributed by atoms with E-state index in [1.54, 1.807) is 0 Å². The number of hydrogen-bond donors (Lipinski definition) is 2. The van der Waals surface area contributed by atoms with Gasteiger partial charge in [-0.1, -0.05) is 12.1 Å². The number of benzene rings is 1. The number of aromatic nitrogens is 1. The highest BCUT2D eigenvalue weighted by molar-refractivity contribution is 14.0. The molecule has 0 aliphatic carbocycles. The molecule has 1 aromatic carbocycles. The first-order valence-corrected chi connectivity index (χ1v) is 9.35. The number of piperidine rings is 1. The lowest BCUT2D eigenvalue weighted by atomic mass is 10.1. The van der Waals surface area contributed by atoms with Crippen molar-refractivity contribution in [2.45, 2.75) is 39.2 Å². The van der Waals surface area contributed by atoms with Crippen LogP contribution in [0.3, 0.4) is 0 Å². The molecule has 2 heterocycles. The number of nitrogens with one attached hydrogen (secondary N) is 2. The Bertz CT molecular complexity index is 720. The highest BCUT2D eigenvalue weighted by atomic mass is 127. The van der Waals surface area contributed by atoms with Gasteiger partial charge in [0.1, 0.15) is 0 Å². The van der Waals surface area contributed by atoms with Crippen LogP contribution in [0.4, 0.5) is 0 Å². The zero-order chi connectivity index (χ0) is 17.6. The predicted octanol–water partition coefficient (Wildman–Crippen LogP) is 3.71. The monoisotopic (exact) mass is 470 g/mol. The van der Waals surface area contributed by atoms with E-state index in [1.165, 1.54) is 22.0 Å². The van der Waals surface area contributed by atoms with Crippen molar-refractivity contribution in [1.82, 2.24) is 15.2 Å². The number of likely N-dealkylation sites (tertiary alicyclic amines) is 1. The number of aryl methyl sites for hydroxylation is 1. The van der Waals surface area contributed by atoms with Gasteiger partial charge in [-0.2, -0.15) is 0 Å². The van der Waals surface area contributed by atoms with Crippen molar-refractivity contribution in [3.63, 3.8) is 0 Å². The number of hydrogen-bond acceptors (Lipinski definition) is 2. The third kappa shape index (κ3) is 5.13. The number of aromatic amines is 1. The van der Waals surface area contributed by atoms with Crippen LogP contribution in [0.15, 0.2) is 29.4 Å². The van der Waals surface area contributed by atoms with Gasteiger partial charge in [0.25, 0.3) is 0 Å². The summed E-state index contributed by atoms with van der Waals surface area (Å²) in [7, 11) is 1.87. The first-order chi connectivity index (χ1) is 12.2. The van der Waals surface area contributed by atoms with Gasteiger partial charge >= 0.3 is 0 Å². The Morgan fingerprint density at radius 2 is 2.12 bits per heavy atom. The largest absolute Gasteiger partial charge is 0.378 e. The van der Waals surface area contributed by atoms with Gasteiger partial charge in [0, 0.05) is 50.4 Å². The summed E-state index contributed by atoms with van der Waals surface area (Å²) in [5, 5.41) is 4.84. The zero-order valence-corrected chi connectivity index (χ0v) is 18.4. The van der Waals surface area contributed by atoms with Crippen molar-refractivity contribution in [2.24, 2.45) is 4.99 Å². The maximum absolute atomic E-state index is 5.73. The van der Waals surface area contributed by atoms with Crippen LogP contribution in [0.5, 0.6) is 0 Å². The molecule has 0 unspecified atom stereocenters. The van der Waals surface area contributed by atoms with E-state index in [9.17, 15) is 0 Å². The van der Waals surface area contributed by atoms with E-state index in [-0.39, 0.29) is 24.0 Å². The first-order valence-electron chi connectivity index (χ1n) is 9.35. The minimum Gasteiger partial charge on any atom is -0.378 e. The quantitative estimate of drug-likeness (QED) is 0.398. The molecule has 5 nitrogen and oxygen atoms in total. The normalized spacial score (nSPS) is 16.0. The van der Waals surface area contributed by atoms with Gasteiger partial charge in [0.05, 0.1) is 6.10 Å². The molecule has 3 rings (SSSR count). The van der Waals surface area contributed by atoms with Crippen LogP contribution in [0, 0.1) is 6.92 Å². The van der Waals surface area contributed by atoms with Crippen LogP contribution in [0.1, 0.15) is 30.9 Å². The van der Waals surface area contributed by atoms with Crippen LogP contribution in [-0.4, -0.2) is 55.2 Å². The molecule has 144 valence electrons. The smallest absolute Gasteiger partial charge is 0.193 e. The second kappa shape index (κ2) is 10.2. The molecule has 1 aliphatic rings. The number of rotatable bonds is 5. The molecule has 1 aliphatic heterocycles. The van der Waals surface area contributed by atoms with Crippen molar-refractivity contribution >= 4 is 40.8 Å². The molecule has 0 bridgehead atoms. The van der Waals surface area contributed by atoms with Crippen molar-refractivity contribution in [1.29, 1.82) is 0 Å². The molecule has 6 heteroatoms. The molecule has 2 N–H and O–H groups in total. The van der Waals surface area contributed by atoms with Gasteiger partial charge in [0.15, 0.2) is 5.96 Å². The molecule has 0 saturated carbocycles. The molecule has 1 fully saturated rings. The van der Waals surface area contributed by atoms with E-state index in [0.29, 0.717) is 6.10 Å². The van der Waals surface area contributed by atoms with Crippen molar-refractivity contribution in [3.8, 4) is 0 Å². The third-order valence-corrected chi connectivity index (χ3v) is 4.96. The van der Waals surface area contributed by atoms with E-state index in [1.807, 2.05) is 7.05 Å². The number of nitrogens with zero attached hydrogens (tertiary/aromatic N) is 2. The average Bonchev–Trinajstić information content (AvgIpc) is 3.02. The summed E-state index contributed by atoms with van der Waals surface area (Å²) < 4.78 is 5.73. The standard InChI is InChI=1S/C20H30N4O.HI/c1-4-25-17-8-11-24(12-9-17)20(21-3)22-10-7-16-14-23-19-13-15(2)5-6-18(16)19;/h5-6,13-14,17,23H,4,7-12H2,1-3H3,(H,21,22);1H. The molecule has 1 saturated heterocycles. The molecule has 0 spiro atoms. The number of guanidine groups is 1. The lowest BCUT2D eigenvalue weighted by Crippen LogP contribution is -2.47. The number of H-pyrrole nitrogens is 1. The average molecular weight is 470 g/mol. The Labute approximate surface area is 173 Å². The third-order valence-electron chi connectivity index (χ3n) is 4.96. The summed E-state index contributed by atoms with van der Waals surface area (Å²) in [6, 6.07) is 6.59. The van der Waals surface area contributed by atoms with E-state index in [4.69, 9.17) is 4.74 Å². The van der Waals surface area contributed by atoms with Crippen molar-refractivity contribution < 1.29 is 4.74 Å². The van der Waals surface area contributed by atoms with Crippen LogP contribution >= 0.6 is 24.0 Å². The summed E-state index contributed by atoms with van der Waals surface area (Å²) in [6.07, 6.45) is 5.68. The summed E-state index contributed by atoms with van der Waals surface area (Å²) in [5.41, 5.74) is 3.86. The molecular weight excluding hydrogens is 439 g/mol. The SMILES string of the molecule is CCOC1CCN(C(=NC)NCCc2c[nH]c3cc(C)ccc23)CC1.I. The Hall–Kier alpha value is -1.28. The Kier molecular flexibility index (Phi) is 8.21. The van der Waals surface area contributed by atoms with Crippen molar-refractivity contribution in [2.75, 3.05) is 33.3 Å². The summed E-state index contributed by atoms with van der Waals surface area (Å²) in [6.45, 7) is 7.91. The van der Waals surface area contributed by atoms with E-state index >= 15 is 0 Å². The fourth-order valence-corrected chi connectivity index (χ4v) is 3.62. The molecular formula is C20H31IN4O. The van der Waals surface area contributed by atoms with Crippen LogP contribution in [0.2, 0.25) is 0 Å². The number of ether oxygens (including phenoxy) is 1. The van der Waals surface area contributed by atoms with Gasteiger partial charge < -0.3 is 19.9 Å². The second-order valence-corrected chi connectivity index (χ2v) is 6.73. The Balaban J connectivity index is 0.00000243. The van der Waals surface area contributed by atoms with E-state index in [2.05, 4.69) is 58.4 Å². The number of fused-ring (bicyclic) bond motifs is 1. The zero-order valence-electron chi connectivity index (χ0n) is 16.0. The lowest BCUT2D eigenvalue weighted by Gasteiger charge is -2.34. The Morgan fingerprint density at radius 1 is 1.35 bits per heavy atom. The first kappa shape index (κ1) is 21.0. The lowest BCUT2D eigenvalue weighted by molar-refractivity contribution is 0.0264. The topological polar surface area (TPSA) is 52.6 Å². The molecule has 0 atom stereocenters. The second-order valence-electron chi connectivity index (χ2n) is 6.73. The fourth-order valence-electron chi connectivity index (χ4n) is 3.62. The van der Waals surface area contributed by atoms with Gasteiger partial charge in [0.2, 0.25) is 0 Å². The Morgan fingerprint density at radius 3 is 2.81 bits per heavy atom. The summed E-state index contributed by atoms with van der Waals surface area (Å²) in [4.78, 5) is 10.2. The molecule has 1 aromatic heterocycles. The van der Waals surface area contributed by atoms with Crippen LogP contribution < -0.4 is 5.32 Å². The van der Waals surface area contributed by atoms with E-state index in [0.717, 1.165) is 51.5 Å². The minimum absolute atomic E-state index is 0. The molecule has 26 heavy (non-hydrogen) atoms. The van der Waals surface area contributed by atoms with Crippen LogP contribution in [0.25, 0.3) is 10.9 Å². The highest BCUT2D eigenvalue weighted by Gasteiger charge is 2.21. The summed E-state index contributed by atoms with van der Waals surface area (Å²) in [5.74, 6) is 1.01. The van der Waals surface area contributed by atoms with Gasteiger partial charge in [-0.15, -0.1) is 24.0 Å². The maximum Gasteiger partial charge on any atom is 0.193 e. The predicted molar refractivity (Wildman–Crippen MR) is 120 cm³/mol. The van der Waals surface area contributed by atoms with Gasteiger partial charge in [-0.25, -0.2) is 0 Å². The van der Waals surface area contributed by atoms with Gasteiger partial charge in [-0.3, -0.25) is 4.99 Å².